The summed E-state index contributed by atoms with van der Waals surface area (Å²) in [5.74, 6) is -0.988. The van der Waals surface area contributed by atoms with Crippen LogP contribution in [-0.2, 0) is 4.79 Å². The Hall–Kier alpha value is -1.60. The van der Waals surface area contributed by atoms with Crippen LogP contribution in [0, 0.1) is 23.1 Å². The standard InChI is InChI=1S/C11H8ClFN2O/c12-9-2-1-8(13)4-10(9)15-6-7(5-14)3-11(15)16/h1-2,4,7H,3,6H2. The van der Waals surface area contributed by atoms with Crippen molar-refractivity contribution in [3.05, 3.63) is 29.0 Å². The van der Waals surface area contributed by atoms with Crippen molar-refractivity contribution < 1.29 is 9.18 Å². The number of benzene rings is 1. The molecule has 1 amide bonds. The van der Waals surface area contributed by atoms with Gasteiger partial charge < -0.3 is 4.90 Å². The Morgan fingerprint density at radius 1 is 1.56 bits per heavy atom. The molecule has 1 aromatic rings. The summed E-state index contributed by atoms with van der Waals surface area (Å²) < 4.78 is 13.0. The second-order valence-electron chi connectivity index (χ2n) is 3.63. The third kappa shape index (κ3) is 1.86. The van der Waals surface area contributed by atoms with Crippen molar-refractivity contribution in [2.45, 2.75) is 6.42 Å². The molecule has 1 heterocycles. The molecule has 1 saturated heterocycles. The van der Waals surface area contributed by atoms with E-state index in [2.05, 4.69) is 0 Å². The lowest BCUT2D eigenvalue weighted by Gasteiger charge is -2.17. The van der Waals surface area contributed by atoms with Gasteiger partial charge >= 0.3 is 0 Å². The van der Waals surface area contributed by atoms with Crippen LogP contribution < -0.4 is 4.90 Å². The average molecular weight is 239 g/mol. The first kappa shape index (κ1) is 10.9. The Balaban J connectivity index is 2.35. The lowest BCUT2D eigenvalue weighted by atomic mass is 10.1. The topological polar surface area (TPSA) is 44.1 Å². The van der Waals surface area contributed by atoms with E-state index >= 15 is 0 Å². The third-order valence-electron chi connectivity index (χ3n) is 2.51. The Kier molecular flexibility index (Phi) is 2.80. The summed E-state index contributed by atoms with van der Waals surface area (Å²) in [6, 6.07) is 5.87. The summed E-state index contributed by atoms with van der Waals surface area (Å²) in [5, 5.41) is 9.05. The first-order chi connectivity index (χ1) is 7.61. The monoisotopic (exact) mass is 238 g/mol. The van der Waals surface area contributed by atoms with Crippen LogP contribution in [0.15, 0.2) is 18.2 Å². The number of nitriles is 1. The first-order valence-corrected chi connectivity index (χ1v) is 5.14. The number of halogens is 2. The molecule has 16 heavy (non-hydrogen) atoms. The van der Waals surface area contributed by atoms with Crippen molar-refractivity contribution in [2.24, 2.45) is 5.92 Å². The highest BCUT2D eigenvalue weighted by atomic mass is 35.5. The van der Waals surface area contributed by atoms with Gasteiger partial charge in [0.15, 0.2) is 0 Å². The van der Waals surface area contributed by atoms with E-state index in [9.17, 15) is 9.18 Å². The van der Waals surface area contributed by atoms with Gasteiger partial charge in [-0.3, -0.25) is 4.79 Å². The van der Waals surface area contributed by atoms with E-state index in [0.717, 1.165) is 0 Å². The Bertz CT molecular complexity index is 483. The highest BCUT2D eigenvalue weighted by molar-refractivity contribution is 6.33. The average Bonchev–Trinajstić information content (AvgIpc) is 2.63. The largest absolute Gasteiger partial charge is 0.309 e. The molecule has 1 atom stereocenters. The molecule has 0 saturated carbocycles. The van der Waals surface area contributed by atoms with Crippen LogP contribution in [0.2, 0.25) is 5.02 Å². The fraction of sp³-hybridized carbons (Fsp3) is 0.273. The first-order valence-electron chi connectivity index (χ1n) is 4.77. The summed E-state index contributed by atoms with van der Waals surface area (Å²) in [6.07, 6.45) is 0.170. The maximum Gasteiger partial charge on any atom is 0.228 e. The van der Waals surface area contributed by atoms with Crippen LogP contribution in [0.5, 0.6) is 0 Å². The highest BCUT2D eigenvalue weighted by Crippen LogP contribution is 2.31. The number of amides is 1. The molecule has 0 N–H and O–H groups in total. The highest BCUT2D eigenvalue weighted by Gasteiger charge is 2.31. The van der Waals surface area contributed by atoms with Gasteiger partial charge in [-0.1, -0.05) is 11.6 Å². The quantitative estimate of drug-likeness (QED) is 0.754. The van der Waals surface area contributed by atoms with E-state index in [1.807, 2.05) is 6.07 Å². The fourth-order valence-electron chi connectivity index (χ4n) is 1.72. The van der Waals surface area contributed by atoms with E-state index in [1.165, 1.54) is 23.1 Å². The molecule has 5 heteroatoms. The molecule has 1 aliphatic rings. The van der Waals surface area contributed by atoms with Crippen molar-refractivity contribution in [3.8, 4) is 6.07 Å². The lowest BCUT2D eigenvalue weighted by Crippen LogP contribution is -2.24. The van der Waals surface area contributed by atoms with Gasteiger partial charge in [0.1, 0.15) is 5.82 Å². The molecule has 2 rings (SSSR count). The summed E-state index contributed by atoms with van der Waals surface area (Å²) in [4.78, 5) is 13.0. The van der Waals surface area contributed by atoms with Crippen LogP contribution in [0.4, 0.5) is 10.1 Å². The molecule has 3 nitrogen and oxygen atoms in total. The molecule has 1 fully saturated rings. The minimum atomic E-state index is -0.451. The number of hydrogen-bond donors (Lipinski definition) is 0. The van der Waals surface area contributed by atoms with E-state index in [-0.39, 0.29) is 24.8 Å². The molecule has 1 aliphatic heterocycles. The summed E-state index contributed by atoms with van der Waals surface area (Å²) in [7, 11) is 0. The Morgan fingerprint density at radius 2 is 2.31 bits per heavy atom. The SMILES string of the molecule is N#CC1CC(=O)N(c2cc(F)ccc2Cl)C1. The summed E-state index contributed by atoms with van der Waals surface area (Å²) in [5.41, 5.74) is 0.337. The zero-order valence-electron chi connectivity index (χ0n) is 8.28. The molecule has 1 aromatic carbocycles. The van der Waals surface area contributed by atoms with Gasteiger partial charge in [-0.25, -0.2) is 4.39 Å². The molecule has 0 aliphatic carbocycles. The Labute approximate surface area is 97.0 Å². The van der Waals surface area contributed by atoms with Crippen LogP contribution in [-0.4, -0.2) is 12.5 Å². The van der Waals surface area contributed by atoms with Gasteiger partial charge in [-0.15, -0.1) is 0 Å². The third-order valence-corrected chi connectivity index (χ3v) is 2.83. The molecule has 0 aromatic heterocycles. The summed E-state index contributed by atoms with van der Waals surface area (Å²) >= 11 is 5.89. The predicted octanol–water partition coefficient (Wildman–Crippen LogP) is 2.36. The van der Waals surface area contributed by atoms with Gasteiger partial charge in [0.25, 0.3) is 0 Å². The van der Waals surface area contributed by atoms with Crippen molar-refractivity contribution in [2.75, 3.05) is 11.4 Å². The number of rotatable bonds is 1. The molecule has 82 valence electrons. The van der Waals surface area contributed by atoms with E-state index < -0.39 is 5.82 Å². The zero-order valence-corrected chi connectivity index (χ0v) is 9.04. The van der Waals surface area contributed by atoms with Crippen molar-refractivity contribution >= 4 is 23.2 Å². The molecule has 0 bridgehead atoms. The molecule has 0 spiro atoms. The van der Waals surface area contributed by atoms with Gasteiger partial charge in [0.2, 0.25) is 5.91 Å². The van der Waals surface area contributed by atoms with Crippen molar-refractivity contribution in [3.63, 3.8) is 0 Å². The zero-order chi connectivity index (χ0) is 11.7. The van der Waals surface area contributed by atoms with Gasteiger partial charge in [0, 0.05) is 13.0 Å². The van der Waals surface area contributed by atoms with Gasteiger partial charge in [-0.2, -0.15) is 5.26 Å². The normalized spacial score (nSPS) is 19.9. The minimum Gasteiger partial charge on any atom is -0.309 e. The maximum absolute atomic E-state index is 13.0. The molecular weight excluding hydrogens is 231 g/mol. The van der Waals surface area contributed by atoms with Gasteiger partial charge in [0.05, 0.1) is 22.7 Å². The van der Waals surface area contributed by atoms with Crippen LogP contribution in [0.3, 0.4) is 0 Å². The van der Waals surface area contributed by atoms with E-state index in [1.54, 1.807) is 0 Å². The number of carbonyl (C=O) groups excluding carboxylic acids is 1. The maximum atomic E-state index is 13.0. The lowest BCUT2D eigenvalue weighted by molar-refractivity contribution is -0.117. The molecule has 1 unspecified atom stereocenters. The van der Waals surface area contributed by atoms with Crippen LogP contribution in [0.1, 0.15) is 6.42 Å². The van der Waals surface area contributed by atoms with Crippen molar-refractivity contribution in [1.82, 2.24) is 0 Å². The number of nitrogens with zero attached hydrogens (tertiary/aromatic N) is 2. The number of carbonyl (C=O) groups is 1. The second-order valence-corrected chi connectivity index (χ2v) is 4.04. The number of anilines is 1. The van der Waals surface area contributed by atoms with Crippen LogP contribution in [0.25, 0.3) is 0 Å². The predicted molar refractivity (Wildman–Crippen MR) is 57.5 cm³/mol. The molecule has 0 radical (unpaired) electrons. The van der Waals surface area contributed by atoms with E-state index in [0.29, 0.717) is 10.7 Å². The summed E-state index contributed by atoms with van der Waals surface area (Å²) in [6.45, 7) is 0.276. The van der Waals surface area contributed by atoms with Crippen LogP contribution >= 0.6 is 11.6 Å². The number of hydrogen-bond acceptors (Lipinski definition) is 2. The van der Waals surface area contributed by atoms with E-state index in [4.69, 9.17) is 16.9 Å². The minimum absolute atomic E-state index is 0.170. The molecular formula is C11H8ClFN2O. The smallest absolute Gasteiger partial charge is 0.228 e. The Morgan fingerprint density at radius 3 is 2.94 bits per heavy atom. The fourth-order valence-corrected chi connectivity index (χ4v) is 1.94. The van der Waals surface area contributed by atoms with Gasteiger partial charge in [-0.05, 0) is 18.2 Å². The second kappa shape index (κ2) is 4.11. The van der Waals surface area contributed by atoms with Crippen molar-refractivity contribution in [1.29, 1.82) is 5.26 Å².